The summed E-state index contributed by atoms with van der Waals surface area (Å²) in [5.41, 5.74) is -2.28. The van der Waals surface area contributed by atoms with Gasteiger partial charge in [-0.3, -0.25) is 9.52 Å². The Balaban J connectivity index is 1.86. The van der Waals surface area contributed by atoms with Gasteiger partial charge in [0.2, 0.25) is 0 Å². The van der Waals surface area contributed by atoms with Crippen molar-refractivity contribution in [1.82, 2.24) is 0 Å². The highest BCUT2D eigenvalue weighted by atomic mass is 35.5. The van der Waals surface area contributed by atoms with Gasteiger partial charge >= 0.3 is 6.18 Å². The van der Waals surface area contributed by atoms with Gasteiger partial charge in [0.25, 0.3) is 15.9 Å². The van der Waals surface area contributed by atoms with Crippen molar-refractivity contribution in [3.63, 3.8) is 0 Å². The maximum atomic E-state index is 14.5. The smallest absolute Gasteiger partial charge is 0.319 e. The minimum absolute atomic E-state index is 0.137. The van der Waals surface area contributed by atoms with Crippen LogP contribution in [-0.4, -0.2) is 14.3 Å². The van der Waals surface area contributed by atoms with Crippen LogP contribution in [0.15, 0.2) is 65.6 Å². The number of rotatable bonds is 5. The minimum atomic E-state index is -4.89. The summed E-state index contributed by atoms with van der Waals surface area (Å²) in [4.78, 5) is 11.6. The lowest BCUT2D eigenvalue weighted by atomic mass is 10.2. The second-order valence-electron chi connectivity index (χ2n) is 6.40. The average molecular weight is 507 g/mol. The van der Waals surface area contributed by atoms with Gasteiger partial charge in [0, 0.05) is 15.6 Å². The molecule has 0 fully saturated rings. The number of carbonyl (C=O) groups excluding carboxylic acids is 1. The van der Waals surface area contributed by atoms with Crippen molar-refractivity contribution in [3.05, 3.63) is 87.7 Å². The molecule has 3 rings (SSSR count). The van der Waals surface area contributed by atoms with Crippen LogP contribution in [0.25, 0.3) is 0 Å². The number of sulfonamides is 1. The zero-order valence-corrected chi connectivity index (χ0v) is 18.0. The van der Waals surface area contributed by atoms with Crippen LogP contribution in [0.4, 0.5) is 28.9 Å². The Kier molecular flexibility index (Phi) is 6.68. The summed E-state index contributed by atoms with van der Waals surface area (Å²) in [5.74, 6) is -1.81. The topological polar surface area (TPSA) is 75.3 Å². The number of amides is 1. The Labute approximate surface area is 190 Å². The fraction of sp³-hybridized carbons (Fsp3) is 0.0500. The van der Waals surface area contributed by atoms with Crippen LogP contribution in [-0.2, 0) is 16.2 Å². The maximum Gasteiger partial charge on any atom is 0.418 e. The summed E-state index contributed by atoms with van der Waals surface area (Å²) in [6.45, 7) is 0. The van der Waals surface area contributed by atoms with E-state index < -0.39 is 44.1 Å². The van der Waals surface area contributed by atoms with Crippen LogP contribution in [0.5, 0.6) is 0 Å². The van der Waals surface area contributed by atoms with Crippen molar-refractivity contribution >= 4 is 50.5 Å². The number of halogens is 6. The first-order valence-electron chi connectivity index (χ1n) is 8.63. The third-order valence-corrected chi connectivity index (χ3v) is 5.95. The predicted molar refractivity (Wildman–Crippen MR) is 113 cm³/mol. The Morgan fingerprint density at radius 3 is 2.16 bits per heavy atom. The molecule has 0 unspecified atom stereocenters. The molecule has 0 spiro atoms. The molecule has 0 heterocycles. The van der Waals surface area contributed by atoms with Gasteiger partial charge in [-0.1, -0.05) is 29.3 Å². The Morgan fingerprint density at radius 1 is 0.875 bits per heavy atom. The highest BCUT2D eigenvalue weighted by Gasteiger charge is 2.35. The first kappa shape index (κ1) is 23.8. The van der Waals surface area contributed by atoms with Gasteiger partial charge < -0.3 is 5.32 Å². The number of carbonyl (C=O) groups is 1. The lowest BCUT2D eigenvalue weighted by Crippen LogP contribution is -2.18. The van der Waals surface area contributed by atoms with Crippen LogP contribution >= 0.6 is 23.2 Å². The van der Waals surface area contributed by atoms with Crippen LogP contribution in [0.2, 0.25) is 10.0 Å². The number of hydrogen-bond donors (Lipinski definition) is 2. The number of anilines is 2. The molecular weight excluding hydrogens is 495 g/mol. The van der Waals surface area contributed by atoms with Gasteiger partial charge in [-0.05, 0) is 54.6 Å². The molecule has 0 radical (unpaired) electrons. The van der Waals surface area contributed by atoms with Crippen LogP contribution in [0.3, 0.4) is 0 Å². The van der Waals surface area contributed by atoms with Crippen LogP contribution in [0, 0.1) is 5.82 Å². The molecule has 5 nitrogen and oxygen atoms in total. The molecule has 3 aromatic rings. The number of benzene rings is 3. The summed E-state index contributed by atoms with van der Waals surface area (Å²) in [6.07, 6.45) is -4.89. The van der Waals surface area contributed by atoms with E-state index in [9.17, 15) is 30.8 Å². The number of alkyl halides is 3. The van der Waals surface area contributed by atoms with E-state index in [0.717, 1.165) is 24.3 Å². The zero-order valence-electron chi connectivity index (χ0n) is 15.7. The fourth-order valence-corrected chi connectivity index (χ4v) is 4.09. The molecule has 0 aliphatic carbocycles. The summed E-state index contributed by atoms with van der Waals surface area (Å²) >= 11 is 11.4. The Bertz CT molecular complexity index is 1300. The van der Waals surface area contributed by atoms with Crippen molar-refractivity contribution in [3.8, 4) is 0 Å². The van der Waals surface area contributed by atoms with Gasteiger partial charge in [0.1, 0.15) is 5.82 Å². The third-order valence-electron chi connectivity index (χ3n) is 4.12. The molecule has 0 saturated carbocycles. The molecule has 0 aromatic heterocycles. The van der Waals surface area contributed by atoms with Crippen LogP contribution in [0.1, 0.15) is 15.9 Å². The van der Waals surface area contributed by atoms with Crippen molar-refractivity contribution in [1.29, 1.82) is 0 Å². The Morgan fingerprint density at radius 2 is 1.53 bits per heavy atom. The molecule has 32 heavy (non-hydrogen) atoms. The molecule has 0 bridgehead atoms. The molecule has 1 amide bonds. The quantitative estimate of drug-likeness (QED) is 0.404. The van der Waals surface area contributed by atoms with Crippen molar-refractivity contribution in [2.24, 2.45) is 0 Å². The highest BCUT2D eigenvalue weighted by Crippen LogP contribution is 2.37. The molecule has 0 saturated heterocycles. The van der Waals surface area contributed by atoms with E-state index >= 15 is 0 Å². The van der Waals surface area contributed by atoms with E-state index in [4.69, 9.17) is 23.2 Å². The molecule has 2 N–H and O–H groups in total. The number of nitrogens with one attached hydrogen (secondary N) is 2. The fourth-order valence-electron chi connectivity index (χ4n) is 2.63. The molecular formula is C20H12Cl2F4N2O3S. The monoisotopic (exact) mass is 506 g/mol. The Hall–Kier alpha value is -2.82. The first-order valence-corrected chi connectivity index (χ1v) is 10.9. The second kappa shape index (κ2) is 8.97. The molecule has 0 aliphatic rings. The molecule has 12 heteroatoms. The standard InChI is InChI=1S/C20H12Cl2F4N2O3S/c21-12-3-1-2-11(8-12)19(29)27-18-7-5-14(10-16(18)23)32(30,31)28-17-6-4-13(22)9-15(17)20(24,25)26/h1-10,28H,(H,27,29). The van der Waals surface area contributed by atoms with Crippen LogP contribution < -0.4 is 10.0 Å². The molecule has 168 valence electrons. The number of hydrogen-bond acceptors (Lipinski definition) is 3. The summed E-state index contributed by atoms with van der Waals surface area (Å²) in [7, 11) is -4.60. The van der Waals surface area contributed by atoms with E-state index in [0.29, 0.717) is 12.1 Å². The minimum Gasteiger partial charge on any atom is -0.319 e. The summed E-state index contributed by atoms with van der Waals surface area (Å²) < 4.78 is 80.9. The summed E-state index contributed by atoms with van der Waals surface area (Å²) in [5, 5.41) is 2.31. The second-order valence-corrected chi connectivity index (χ2v) is 8.95. The van der Waals surface area contributed by atoms with E-state index in [2.05, 4.69) is 5.32 Å². The van der Waals surface area contributed by atoms with Gasteiger partial charge in [0.05, 0.1) is 21.8 Å². The highest BCUT2D eigenvalue weighted by molar-refractivity contribution is 7.92. The zero-order chi connectivity index (χ0) is 23.7. The van der Waals surface area contributed by atoms with Gasteiger partial charge in [0.15, 0.2) is 0 Å². The maximum absolute atomic E-state index is 14.5. The van der Waals surface area contributed by atoms with Crippen molar-refractivity contribution in [2.45, 2.75) is 11.1 Å². The summed E-state index contributed by atoms with van der Waals surface area (Å²) in [6, 6.07) is 10.8. The molecule has 0 atom stereocenters. The normalized spacial score (nSPS) is 11.8. The van der Waals surface area contributed by atoms with E-state index in [1.165, 1.54) is 24.3 Å². The molecule has 0 aliphatic heterocycles. The van der Waals surface area contributed by atoms with Gasteiger partial charge in [-0.2, -0.15) is 13.2 Å². The van der Waals surface area contributed by atoms with Gasteiger partial charge in [-0.25, -0.2) is 12.8 Å². The van der Waals surface area contributed by atoms with E-state index in [-0.39, 0.29) is 21.3 Å². The third kappa shape index (κ3) is 5.50. The average Bonchev–Trinajstić information content (AvgIpc) is 2.69. The van der Waals surface area contributed by atoms with Gasteiger partial charge in [-0.15, -0.1) is 0 Å². The van der Waals surface area contributed by atoms with E-state index in [1.54, 1.807) is 4.72 Å². The first-order chi connectivity index (χ1) is 14.9. The lowest BCUT2D eigenvalue weighted by Gasteiger charge is -2.15. The van der Waals surface area contributed by atoms with Crippen molar-refractivity contribution < 1.29 is 30.8 Å². The SMILES string of the molecule is O=C(Nc1ccc(S(=O)(=O)Nc2ccc(Cl)cc2C(F)(F)F)cc1F)c1cccc(Cl)c1. The largest absolute Gasteiger partial charge is 0.418 e. The van der Waals surface area contributed by atoms with E-state index in [1.807, 2.05) is 0 Å². The molecule has 3 aromatic carbocycles. The van der Waals surface area contributed by atoms with Crippen molar-refractivity contribution in [2.75, 3.05) is 10.0 Å². The predicted octanol–water partition coefficient (Wildman–Crippen LogP) is 6.20. The lowest BCUT2D eigenvalue weighted by molar-refractivity contribution is -0.136.